The van der Waals surface area contributed by atoms with Crippen molar-refractivity contribution in [3.63, 3.8) is 0 Å². The zero-order valence-corrected chi connectivity index (χ0v) is 10.1. The van der Waals surface area contributed by atoms with Crippen LogP contribution in [0.5, 0.6) is 0 Å². The Labute approximate surface area is 84.1 Å². The maximum atomic E-state index is 3.48. The molecular weight excluding hydrogens is 212 g/mol. The second-order valence-electron chi connectivity index (χ2n) is 2.61. The SMILES string of the molecule is CC.Cc1ccc(Br)c(C)c1C. The van der Waals surface area contributed by atoms with Crippen molar-refractivity contribution in [3.8, 4) is 0 Å². The summed E-state index contributed by atoms with van der Waals surface area (Å²) in [5, 5.41) is 0. The molecule has 0 fully saturated rings. The van der Waals surface area contributed by atoms with Crippen molar-refractivity contribution in [2.24, 2.45) is 0 Å². The fourth-order valence-electron chi connectivity index (χ4n) is 0.923. The van der Waals surface area contributed by atoms with Crippen molar-refractivity contribution in [1.29, 1.82) is 0 Å². The zero-order chi connectivity index (χ0) is 9.72. The summed E-state index contributed by atoms with van der Waals surface area (Å²) in [4.78, 5) is 0. The molecule has 0 saturated heterocycles. The Morgan fingerprint density at radius 1 is 0.917 bits per heavy atom. The van der Waals surface area contributed by atoms with Crippen LogP contribution in [-0.4, -0.2) is 0 Å². The van der Waals surface area contributed by atoms with E-state index in [-0.39, 0.29) is 0 Å². The summed E-state index contributed by atoms with van der Waals surface area (Å²) in [6.07, 6.45) is 0. The number of rotatable bonds is 0. The van der Waals surface area contributed by atoms with E-state index in [0.29, 0.717) is 0 Å². The van der Waals surface area contributed by atoms with Crippen LogP contribution < -0.4 is 0 Å². The van der Waals surface area contributed by atoms with Gasteiger partial charge >= 0.3 is 0 Å². The van der Waals surface area contributed by atoms with Gasteiger partial charge in [-0.15, -0.1) is 0 Å². The first kappa shape index (κ1) is 11.7. The second-order valence-corrected chi connectivity index (χ2v) is 3.47. The minimum atomic E-state index is 1.20. The normalized spacial score (nSPS) is 8.83. The lowest BCUT2D eigenvalue weighted by molar-refractivity contribution is 1.25. The van der Waals surface area contributed by atoms with Gasteiger partial charge < -0.3 is 0 Å². The molecule has 68 valence electrons. The van der Waals surface area contributed by atoms with Crippen LogP contribution in [0.15, 0.2) is 16.6 Å². The van der Waals surface area contributed by atoms with E-state index in [1.165, 1.54) is 21.2 Å². The van der Waals surface area contributed by atoms with Crippen molar-refractivity contribution in [1.82, 2.24) is 0 Å². The van der Waals surface area contributed by atoms with Gasteiger partial charge in [0.25, 0.3) is 0 Å². The number of halogens is 1. The predicted octanol–water partition coefficient (Wildman–Crippen LogP) is 4.40. The molecule has 0 aliphatic heterocycles. The Kier molecular flexibility index (Phi) is 5.23. The monoisotopic (exact) mass is 228 g/mol. The summed E-state index contributed by atoms with van der Waals surface area (Å²) in [5.74, 6) is 0. The average Bonchev–Trinajstić information content (AvgIpc) is 2.12. The van der Waals surface area contributed by atoms with Crippen LogP contribution in [-0.2, 0) is 0 Å². The van der Waals surface area contributed by atoms with Gasteiger partial charge in [0.05, 0.1) is 0 Å². The van der Waals surface area contributed by atoms with Gasteiger partial charge in [0.15, 0.2) is 0 Å². The minimum absolute atomic E-state index is 1.20. The van der Waals surface area contributed by atoms with Crippen LogP contribution in [0, 0.1) is 20.8 Å². The van der Waals surface area contributed by atoms with Crippen LogP contribution in [0.25, 0.3) is 0 Å². The van der Waals surface area contributed by atoms with Crippen molar-refractivity contribution in [3.05, 3.63) is 33.3 Å². The molecule has 1 aromatic carbocycles. The molecule has 0 aliphatic rings. The Hall–Kier alpha value is -0.300. The molecule has 1 aromatic rings. The Bertz CT molecular complexity index is 224. The lowest BCUT2D eigenvalue weighted by atomic mass is 10.1. The molecule has 0 nitrogen and oxygen atoms in total. The number of aryl methyl sites for hydroxylation is 1. The van der Waals surface area contributed by atoms with Crippen molar-refractivity contribution < 1.29 is 0 Å². The van der Waals surface area contributed by atoms with Gasteiger partial charge in [0.1, 0.15) is 0 Å². The third kappa shape index (κ3) is 2.63. The molecule has 0 radical (unpaired) electrons. The zero-order valence-electron chi connectivity index (χ0n) is 8.53. The lowest BCUT2D eigenvalue weighted by Crippen LogP contribution is -1.85. The molecule has 0 bridgehead atoms. The maximum absolute atomic E-state index is 3.48. The molecule has 0 aliphatic carbocycles. The molecule has 1 heteroatoms. The van der Waals surface area contributed by atoms with Crippen LogP contribution >= 0.6 is 15.9 Å². The van der Waals surface area contributed by atoms with Gasteiger partial charge in [-0.3, -0.25) is 0 Å². The molecule has 0 spiro atoms. The third-order valence-corrected chi connectivity index (χ3v) is 2.85. The third-order valence-electron chi connectivity index (χ3n) is 1.99. The van der Waals surface area contributed by atoms with E-state index in [9.17, 15) is 0 Å². The Morgan fingerprint density at radius 2 is 1.42 bits per heavy atom. The van der Waals surface area contributed by atoms with Crippen LogP contribution in [0.2, 0.25) is 0 Å². The first-order valence-electron chi connectivity index (χ1n) is 4.35. The van der Waals surface area contributed by atoms with Gasteiger partial charge in [-0.1, -0.05) is 35.8 Å². The van der Waals surface area contributed by atoms with E-state index in [4.69, 9.17) is 0 Å². The molecule has 0 saturated carbocycles. The maximum Gasteiger partial charge on any atom is 0.0207 e. The summed E-state index contributed by atoms with van der Waals surface area (Å²) in [6.45, 7) is 10.4. The highest BCUT2D eigenvalue weighted by Crippen LogP contribution is 2.21. The summed E-state index contributed by atoms with van der Waals surface area (Å²) >= 11 is 3.48. The van der Waals surface area contributed by atoms with Gasteiger partial charge in [-0.25, -0.2) is 0 Å². The van der Waals surface area contributed by atoms with Gasteiger partial charge in [-0.05, 0) is 43.5 Å². The first-order valence-corrected chi connectivity index (χ1v) is 5.14. The Morgan fingerprint density at radius 3 is 1.83 bits per heavy atom. The van der Waals surface area contributed by atoms with Crippen molar-refractivity contribution in [2.45, 2.75) is 34.6 Å². The fraction of sp³-hybridized carbons (Fsp3) is 0.455. The van der Waals surface area contributed by atoms with E-state index in [0.717, 1.165) is 0 Å². The van der Waals surface area contributed by atoms with Crippen LogP contribution in [0.4, 0.5) is 0 Å². The summed E-state index contributed by atoms with van der Waals surface area (Å²) in [6, 6.07) is 4.23. The summed E-state index contributed by atoms with van der Waals surface area (Å²) in [7, 11) is 0. The highest BCUT2D eigenvalue weighted by Gasteiger charge is 1.98. The molecule has 0 atom stereocenters. The van der Waals surface area contributed by atoms with Crippen LogP contribution in [0.3, 0.4) is 0 Å². The molecule has 0 N–H and O–H groups in total. The summed E-state index contributed by atoms with van der Waals surface area (Å²) in [5.41, 5.74) is 4.09. The quantitative estimate of drug-likeness (QED) is 0.618. The van der Waals surface area contributed by atoms with Crippen LogP contribution in [0.1, 0.15) is 30.5 Å². The van der Waals surface area contributed by atoms with Gasteiger partial charge in [0.2, 0.25) is 0 Å². The van der Waals surface area contributed by atoms with E-state index in [2.05, 4.69) is 48.8 Å². The fourth-order valence-corrected chi connectivity index (χ4v) is 1.35. The molecule has 0 unspecified atom stereocenters. The molecule has 1 rings (SSSR count). The highest BCUT2D eigenvalue weighted by molar-refractivity contribution is 9.10. The molecule has 0 aromatic heterocycles. The van der Waals surface area contributed by atoms with E-state index < -0.39 is 0 Å². The van der Waals surface area contributed by atoms with Gasteiger partial charge in [0, 0.05) is 4.47 Å². The van der Waals surface area contributed by atoms with Crippen molar-refractivity contribution >= 4 is 15.9 Å². The topological polar surface area (TPSA) is 0 Å². The van der Waals surface area contributed by atoms with E-state index in [1.807, 2.05) is 13.8 Å². The number of benzene rings is 1. The second kappa shape index (κ2) is 5.36. The number of hydrogen-bond acceptors (Lipinski definition) is 0. The highest BCUT2D eigenvalue weighted by atomic mass is 79.9. The smallest absolute Gasteiger partial charge is 0.0207 e. The minimum Gasteiger partial charge on any atom is -0.0683 e. The Balaban J connectivity index is 0.000000561. The predicted molar refractivity (Wildman–Crippen MR) is 59.7 cm³/mol. The first-order chi connectivity index (χ1) is 5.63. The summed E-state index contributed by atoms with van der Waals surface area (Å²) < 4.78 is 1.20. The van der Waals surface area contributed by atoms with Gasteiger partial charge in [-0.2, -0.15) is 0 Å². The van der Waals surface area contributed by atoms with E-state index in [1.54, 1.807) is 0 Å². The average molecular weight is 229 g/mol. The molecule has 12 heavy (non-hydrogen) atoms. The number of hydrogen-bond donors (Lipinski definition) is 0. The molecule has 0 heterocycles. The lowest BCUT2D eigenvalue weighted by Gasteiger charge is -2.04. The molecular formula is C11H17Br. The largest absolute Gasteiger partial charge is 0.0683 e. The van der Waals surface area contributed by atoms with Crippen molar-refractivity contribution in [2.75, 3.05) is 0 Å². The standard InChI is InChI=1S/C9H11Br.C2H6/c1-6-4-5-9(10)8(3)7(6)2;1-2/h4-5H,1-3H3;1-2H3. The molecule has 0 amide bonds. The van der Waals surface area contributed by atoms with E-state index >= 15 is 0 Å².